The second-order valence-corrected chi connectivity index (χ2v) is 2.14. The Labute approximate surface area is 72.0 Å². The van der Waals surface area contributed by atoms with E-state index < -0.39 is 0 Å². The SMILES string of the molecule is C=C/C(=C\CC)CCC.CC. The molecule has 0 unspecified atom stereocenters. The third kappa shape index (κ3) is 9.48. The predicted octanol–water partition coefficient (Wildman–Crippen LogP) is 4.34. The summed E-state index contributed by atoms with van der Waals surface area (Å²) in [5, 5.41) is 0. The van der Waals surface area contributed by atoms with Crippen molar-refractivity contribution in [1.82, 2.24) is 0 Å². The van der Waals surface area contributed by atoms with E-state index in [4.69, 9.17) is 0 Å². The molecule has 0 heteroatoms. The topological polar surface area (TPSA) is 0 Å². The molecule has 0 heterocycles. The van der Waals surface area contributed by atoms with Gasteiger partial charge in [-0.05, 0) is 12.8 Å². The van der Waals surface area contributed by atoms with Gasteiger partial charge in [0.25, 0.3) is 0 Å². The molecule has 66 valence electrons. The summed E-state index contributed by atoms with van der Waals surface area (Å²) in [6.45, 7) is 12.1. The molecule has 0 aliphatic heterocycles. The summed E-state index contributed by atoms with van der Waals surface area (Å²) >= 11 is 0. The van der Waals surface area contributed by atoms with E-state index in [1.54, 1.807) is 0 Å². The average molecular weight is 154 g/mol. The largest absolute Gasteiger partial charge is 0.0988 e. The molecule has 0 aromatic rings. The summed E-state index contributed by atoms with van der Waals surface area (Å²) in [6, 6.07) is 0. The Bertz CT molecular complexity index is 98.6. The van der Waals surface area contributed by atoms with Gasteiger partial charge in [-0.2, -0.15) is 0 Å². The molecular formula is C11H22. The van der Waals surface area contributed by atoms with Crippen molar-refractivity contribution in [2.75, 3.05) is 0 Å². The summed E-state index contributed by atoms with van der Waals surface area (Å²) in [5.74, 6) is 0. The molecule has 0 aromatic heterocycles. The van der Waals surface area contributed by atoms with Crippen LogP contribution in [0.2, 0.25) is 0 Å². The van der Waals surface area contributed by atoms with E-state index in [-0.39, 0.29) is 0 Å². The molecule has 11 heavy (non-hydrogen) atoms. The Balaban J connectivity index is 0. The highest BCUT2D eigenvalue weighted by molar-refractivity contribution is 5.15. The van der Waals surface area contributed by atoms with E-state index in [1.807, 2.05) is 19.9 Å². The van der Waals surface area contributed by atoms with Gasteiger partial charge in [0.2, 0.25) is 0 Å². The van der Waals surface area contributed by atoms with Gasteiger partial charge in [-0.25, -0.2) is 0 Å². The average Bonchev–Trinajstić information content (AvgIpc) is 2.08. The van der Waals surface area contributed by atoms with Crippen LogP contribution in [-0.4, -0.2) is 0 Å². The molecule has 0 bridgehead atoms. The first-order valence-electron chi connectivity index (χ1n) is 4.66. The monoisotopic (exact) mass is 154 g/mol. The van der Waals surface area contributed by atoms with E-state index in [0.29, 0.717) is 0 Å². The van der Waals surface area contributed by atoms with E-state index in [1.165, 1.54) is 18.4 Å². The maximum absolute atomic E-state index is 3.73. The lowest BCUT2D eigenvalue weighted by Gasteiger charge is -1.95. The van der Waals surface area contributed by atoms with Crippen molar-refractivity contribution in [3.8, 4) is 0 Å². The first-order valence-corrected chi connectivity index (χ1v) is 4.66. The van der Waals surface area contributed by atoms with Crippen molar-refractivity contribution in [3.05, 3.63) is 24.3 Å². The zero-order valence-electron chi connectivity index (χ0n) is 8.48. The standard InChI is InChI=1S/C9H16.C2H6/c1-4-7-9(6-3)8-5-2;1-2/h6-7H,3-5,8H2,1-2H3;1-2H3/b9-7+;. The van der Waals surface area contributed by atoms with E-state index in [0.717, 1.165) is 6.42 Å². The molecule has 0 N–H and O–H groups in total. The van der Waals surface area contributed by atoms with E-state index in [9.17, 15) is 0 Å². The smallest absolute Gasteiger partial charge is 0.0285 e. The van der Waals surface area contributed by atoms with Crippen LogP contribution in [0.4, 0.5) is 0 Å². The van der Waals surface area contributed by atoms with Gasteiger partial charge in [0, 0.05) is 0 Å². The molecule has 0 aliphatic rings. The first kappa shape index (κ1) is 13.1. The van der Waals surface area contributed by atoms with Crippen LogP contribution in [0.1, 0.15) is 47.0 Å². The van der Waals surface area contributed by atoms with Crippen molar-refractivity contribution < 1.29 is 0 Å². The number of hydrogen-bond donors (Lipinski definition) is 0. The fraction of sp³-hybridized carbons (Fsp3) is 0.636. The van der Waals surface area contributed by atoms with Crippen LogP contribution in [0.25, 0.3) is 0 Å². The molecule has 0 nitrogen and oxygen atoms in total. The molecule has 0 atom stereocenters. The summed E-state index contributed by atoms with van der Waals surface area (Å²) in [6.07, 6.45) is 7.71. The lowest BCUT2D eigenvalue weighted by Crippen LogP contribution is -1.75. The van der Waals surface area contributed by atoms with Gasteiger partial charge in [-0.1, -0.05) is 58.4 Å². The van der Waals surface area contributed by atoms with Gasteiger partial charge in [0.1, 0.15) is 0 Å². The summed E-state index contributed by atoms with van der Waals surface area (Å²) in [7, 11) is 0. The van der Waals surface area contributed by atoms with Crippen molar-refractivity contribution in [3.63, 3.8) is 0 Å². The maximum atomic E-state index is 3.73. The van der Waals surface area contributed by atoms with Crippen molar-refractivity contribution in [2.45, 2.75) is 47.0 Å². The molecule has 0 amide bonds. The number of allylic oxidation sites excluding steroid dienone is 3. The molecule has 0 aromatic carbocycles. The molecule has 0 radical (unpaired) electrons. The summed E-state index contributed by atoms with van der Waals surface area (Å²) < 4.78 is 0. The van der Waals surface area contributed by atoms with Gasteiger partial charge in [-0.15, -0.1) is 0 Å². The molecule has 0 spiro atoms. The third-order valence-electron chi connectivity index (χ3n) is 1.27. The van der Waals surface area contributed by atoms with Gasteiger partial charge in [0.05, 0.1) is 0 Å². The Morgan fingerprint density at radius 1 is 1.27 bits per heavy atom. The van der Waals surface area contributed by atoms with Crippen LogP contribution in [0.15, 0.2) is 24.3 Å². The maximum Gasteiger partial charge on any atom is -0.0285 e. The van der Waals surface area contributed by atoms with Crippen LogP contribution < -0.4 is 0 Å². The molecule has 0 saturated carbocycles. The van der Waals surface area contributed by atoms with Crippen molar-refractivity contribution >= 4 is 0 Å². The zero-order valence-corrected chi connectivity index (χ0v) is 8.48. The predicted molar refractivity (Wildman–Crippen MR) is 54.8 cm³/mol. The highest BCUT2D eigenvalue weighted by atomic mass is 13.9. The Kier molecular flexibility index (Phi) is 14.5. The highest BCUT2D eigenvalue weighted by Crippen LogP contribution is 2.05. The normalized spacial score (nSPS) is 10.0. The van der Waals surface area contributed by atoms with E-state index in [2.05, 4.69) is 26.5 Å². The minimum atomic E-state index is 1.13. The lowest BCUT2D eigenvalue weighted by molar-refractivity contribution is 0.918. The fourth-order valence-electron chi connectivity index (χ4n) is 0.838. The third-order valence-corrected chi connectivity index (χ3v) is 1.27. The lowest BCUT2D eigenvalue weighted by atomic mass is 10.1. The van der Waals surface area contributed by atoms with Crippen LogP contribution in [0.3, 0.4) is 0 Å². The van der Waals surface area contributed by atoms with Gasteiger partial charge in [0.15, 0.2) is 0 Å². The van der Waals surface area contributed by atoms with E-state index >= 15 is 0 Å². The Hall–Kier alpha value is -0.520. The fourth-order valence-corrected chi connectivity index (χ4v) is 0.838. The van der Waals surface area contributed by atoms with Crippen molar-refractivity contribution in [2.24, 2.45) is 0 Å². The highest BCUT2D eigenvalue weighted by Gasteiger charge is 1.85. The van der Waals surface area contributed by atoms with Gasteiger partial charge >= 0.3 is 0 Å². The molecule has 0 aliphatic carbocycles. The van der Waals surface area contributed by atoms with Crippen LogP contribution in [0.5, 0.6) is 0 Å². The second-order valence-electron chi connectivity index (χ2n) is 2.14. The second kappa shape index (κ2) is 12.2. The number of rotatable bonds is 4. The van der Waals surface area contributed by atoms with Crippen LogP contribution in [0, 0.1) is 0 Å². The van der Waals surface area contributed by atoms with Crippen LogP contribution >= 0.6 is 0 Å². The molecular weight excluding hydrogens is 132 g/mol. The van der Waals surface area contributed by atoms with Gasteiger partial charge < -0.3 is 0 Å². The van der Waals surface area contributed by atoms with Gasteiger partial charge in [-0.3, -0.25) is 0 Å². The minimum absolute atomic E-state index is 1.13. The van der Waals surface area contributed by atoms with Crippen molar-refractivity contribution in [1.29, 1.82) is 0 Å². The summed E-state index contributed by atoms with van der Waals surface area (Å²) in [5.41, 5.74) is 1.39. The Morgan fingerprint density at radius 2 is 1.82 bits per heavy atom. The minimum Gasteiger partial charge on any atom is -0.0988 e. The molecule has 0 rings (SSSR count). The van der Waals surface area contributed by atoms with Crippen LogP contribution in [-0.2, 0) is 0 Å². The quantitative estimate of drug-likeness (QED) is 0.528. The summed E-state index contributed by atoms with van der Waals surface area (Å²) in [4.78, 5) is 0. The number of hydrogen-bond acceptors (Lipinski definition) is 0. The zero-order chi connectivity index (χ0) is 9.11. The molecule has 0 fully saturated rings. The molecule has 0 saturated heterocycles. The first-order chi connectivity index (χ1) is 5.35. The Morgan fingerprint density at radius 3 is 2.09 bits per heavy atom.